The van der Waals surface area contributed by atoms with Gasteiger partial charge >= 0.3 is 0 Å². The first-order chi connectivity index (χ1) is 9.86. The van der Waals surface area contributed by atoms with Crippen LogP contribution in [0.15, 0.2) is 30.3 Å². The van der Waals surface area contributed by atoms with Crippen molar-refractivity contribution in [2.45, 2.75) is 46.3 Å². The SMILES string of the molecule is CCCNC(c1ccccc1)C(C)(C)CN(C)CC(C)O. The number of nitrogens with zero attached hydrogens (tertiary/aromatic N) is 1. The molecule has 1 aromatic rings. The number of hydrogen-bond acceptors (Lipinski definition) is 3. The molecule has 1 aromatic carbocycles. The van der Waals surface area contributed by atoms with Crippen LogP contribution in [0.2, 0.25) is 0 Å². The van der Waals surface area contributed by atoms with Crippen molar-refractivity contribution < 1.29 is 5.11 Å². The van der Waals surface area contributed by atoms with Gasteiger partial charge in [-0.05, 0) is 37.9 Å². The summed E-state index contributed by atoms with van der Waals surface area (Å²) in [6, 6.07) is 11.0. The van der Waals surface area contributed by atoms with E-state index in [0.717, 1.165) is 19.5 Å². The fourth-order valence-electron chi connectivity index (χ4n) is 3.08. The van der Waals surface area contributed by atoms with Gasteiger partial charge in [-0.2, -0.15) is 0 Å². The number of hydrogen-bond donors (Lipinski definition) is 2. The average molecular weight is 292 g/mol. The molecule has 0 fully saturated rings. The van der Waals surface area contributed by atoms with E-state index in [1.165, 1.54) is 5.56 Å². The molecule has 0 aliphatic carbocycles. The molecule has 0 aromatic heterocycles. The number of likely N-dealkylation sites (N-methyl/N-ethyl adjacent to an activating group) is 1. The number of rotatable bonds is 9. The average Bonchev–Trinajstić information content (AvgIpc) is 2.38. The smallest absolute Gasteiger partial charge is 0.0638 e. The van der Waals surface area contributed by atoms with Crippen molar-refractivity contribution in [3.63, 3.8) is 0 Å². The van der Waals surface area contributed by atoms with E-state index in [4.69, 9.17) is 0 Å². The second-order valence-corrected chi connectivity index (χ2v) is 6.83. The standard InChI is InChI=1S/C18H32N2O/c1-6-12-19-17(16-10-8-7-9-11-16)18(3,4)14-20(5)13-15(2)21/h7-11,15,17,19,21H,6,12-14H2,1-5H3. The van der Waals surface area contributed by atoms with Gasteiger partial charge < -0.3 is 15.3 Å². The van der Waals surface area contributed by atoms with Crippen LogP contribution in [0.25, 0.3) is 0 Å². The minimum Gasteiger partial charge on any atom is -0.392 e. The molecule has 2 unspecified atom stereocenters. The molecule has 0 spiro atoms. The molecule has 0 radical (unpaired) electrons. The summed E-state index contributed by atoms with van der Waals surface area (Å²) >= 11 is 0. The van der Waals surface area contributed by atoms with Crippen LogP contribution in [-0.2, 0) is 0 Å². The first-order valence-corrected chi connectivity index (χ1v) is 8.01. The van der Waals surface area contributed by atoms with Gasteiger partial charge in [-0.1, -0.05) is 51.1 Å². The van der Waals surface area contributed by atoms with Crippen LogP contribution in [0.3, 0.4) is 0 Å². The van der Waals surface area contributed by atoms with Crippen molar-refractivity contribution in [3.8, 4) is 0 Å². The van der Waals surface area contributed by atoms with Gasteiger partial charge in [-0.3, -0.25) is 0 Å². The van der Waals surface area contributed by atoms with Crippen molar-refractivity contribution in [1.29, 1.82) is 0 Å². The number of benzene rings is 1. The molecular formula is C18H32N2O. The Kier molecular flexibility index (Phi) is 7.36. The largest absolute Gasteiger partial charge is 0.392 e. The van der Waals surface area contributed by atoms with E-state index in [9.17, 15) is 5.11 Å². The summed E-state index contributed by atoms with van der Waals surface area (Å²) in [5.74, 6) is 0. The molecule has 0 saturated heterocycles. The first kappa shape index (κ1) is 18.1. The van der Waals surface area contributed by atoms with Gasteiger partial charge in [0.25, 0.3) is 0 Å². The molecule has 0 bridgehead atoms. The summed E-state index contributed by atoms with van der Waals surface area (Å²) in [7, 11) is 2.08. The second kappa shape index (κ2) is 8.52. The van der Waals surface area contributed by atoms with Crippen LogP contribution in [0.1, 0.15) is 45.7 Å². The van der Waals surface area contributed by atoms with Gasteiger partial charge in [-0.15, -0.1) is 0 Å². The summed E-state index contributed by atoms with van der Waals surface area (Å²) in [6.45, 7) is 11.3. The Labute approximate surface area is 130 Å². The summed E-state index contributed by atoms with van der Waals surface area (Å²) in [4.78, 5) is 2.22. The Morgan fingerprint density at radius 3 is 2.38 bits per heavy atom. The zero-order chi connectivity index (χ0) is 15.9. The van der Waals surface area contributed by atoms with E-state index in [-0.39, 0.29) is 11.5 Å². The molecule has 3 nitrogen and oxygen atoms in total. The summed E-state index contributed by atoms with van der Waals surface area (Å²) < 4.78 is 0. The molecule has 0 saturated carbocycles. The maximum absolute atomic E-state index is 9.56. The van der Waals surface area contributed by atoms with E-state index in [0.29, 0.717) is 12.6 Å². The van der Waals surface area contributed by atoms with Crippen LogP contribution in [0.4, 0.5) is 0 Å². The van der Waals surface area contributed by atoms with Crippen LogP contribution >= 0.6 is 0 Å². The molecule has 0 amide bonds. The fraction of sp³-hybridized carbons (Fsp3) is 0.667. The lowest BCUT2D eigenvalue weighted by Crippen LogP contribution is -2.43. The first-order valence-electron chi connectivity index (χ1n) is 8.01. The highest BCUT2D eigenvalue weighted by molar-refractivity contribution is 5.21. The summed E-state index contributed by atoms with van der Waals surface area (Å²) in [6.07, 6.45) is 0.840. The zero-order valence-corrected chi connectivity index (χ0v) is 14.3. The van der Waals surface area contributed by atoms with Gasteiger partial charge in [0.2, 0.25) is 0 Å². The van der Waals surface area contributed by atoms with Crippen molar-refractivity contribution in [3.05, 3.63) is 35.9 Å². The highest BCUT2D eigenvalue weighted by Crippen LogP contribution is 2.34. The maximum atomic E-state index is 9.56. The Hall–Kier alpha value is -0.900. The van der Waals surface area contributed by atoms with E-state index >= 15 is 0 Å². The molecule has 0 heterocycles. The molecule has 1 rings (SSSR count). The molecule has 120 valence electrons. The quantitative estimate of drug-likeness (QED) is 0.734. The van der Waals surface area contributed by atoms with E-state index in [1.807, 2.05) is 6.92 Å². The van der Waals surface area contributed by atoms with E-state index in [1.54, 1.807) is 0 Å². The van der Waals surface area contributed by atoms with Crippen molar-refractivity contribution >= 4 is 0 Å². The second-order valence-electron chi connectivity index (χ2n) is 6.83. The molecule has 0 aliphatic rings. The fourth-order valence-corrected chi connectivity index (χ4v) is 3.08. The Morgan fingerprint density at radius 1 is 1.24 bits per heavy atom. The lowest BCUT2D eigenvalue weighted by atomic mass is 9.79. The van der Waals surface area contributed by atoms with E-state index in [2.05, 4.69) is 68.4 Å². The van der Waals surface area contributed by atoms with Gasteiger partial charge in [0.1, 0.15) is 0 Å². The predicted molar refractivity (Wildman–Crippen MR) is 90.4 cm³/mol. The maximum Gasteiger partial charge on any atom is 0.0638 e. The molecule has 2 N–H and O–H groups in total. The lowest BCUT2D eigenvalue weighted by Gasteiger charge is -2.39. The van der Waals surface area contributed by atoms with Crippen LogP contribution in [0, 0.1) is 5.41 Å². The predicted octanol–water partition coefficient (Wildman–Crippen LogP) is 3.07. The molecule has 3 heteroatoms. The minimum atomic E-state index is -0.287. The Balaban J connectivity index is 2.85. The highest BCUT2D eigenvalue weighted by atomic mass is 16.3. The van der Waals surface area contributed by atoms with Crippen LogP contribution in [0.5, 0.6) is 0 Å². The zero-order valence-electron chi connectivity index (χ0n) is 14.3. The monoisotopic (exact) mass is 292 g/mol. The van der Waals surface area contributed by atoms with Crippen molar-refractivity contribution in [2.24, 2.45) is 5.41 Å². The van der Waals surface area contributed by atoms with Gasteiger partial charge in [0, 0.05) is 19.1 Å². The topological polar surface area (TPSA) is 35.5 Å². The highest BCUT2D eigenvalue weighted by Gasteiger charge is 2.31. The molecule has 21 heavy (non-hydrogen) atoms. The molecular weight excluding hydrogens is 260 g/mol. The van der Waals surface area contributed by atoms with Crippen LogP contribution in [-0.4, -0.2) is 42.8 Å². The van der Waals surface area contributed by atoms with E-state index < -0.39 is 0 Å². The van der Waals surface area contributed by atoms with Crippen LogP contribution < -0.4 is 5.32 Å². The van der Waals surface area contributed by atoms with Gasteiger partial charge in [0.05, 0.1) is 6.10 Å². The van der Waals surface area contributed by atoms with Gasteiger partial charge in [-0.25, -0.2) is 0 Å². The third kappa shape index (κ3) is 6.16. The molecule has 2 atom stereocenters. The minimum absolute atomic E-state index is 0.0835. The van der Waals surface area contributed by atoms with Crippen molar-refractivity contribution in [1.82, 2.24) is 10.2 Å². The number of aliphatic hydroxyl groups excluding tert-OH is 1. The summed E-state index contributed by atoms with van der Waals surface area (Å²) in [5, 5.41) is 13.3. The van der Waals surface area contributed by atoms with Gasteiger partial charge in [0.15, 0.2) is 0 Å². The Morgan fingerprint density at radius 2 is 1.86 bits per heavy atom. The number of nitrogens with one attached hydrogen (secondary N) is 1. The summed E-state index contributed by atoms with van der Waals surface area (Å²) in [5.41, 5.74) is 1.42. The Bertz CT molecular complexity index is 389. The molecule has 0 aliphatic heterocycles. The lowest BCUT2D eigenvalue weighted by molar-refractivity contribution is 0.100. The third-order valence-electron chi connectivity index (χ3n) is 3.77. The van der Waals surface area contributed by atoms with Crippen molar-refractivity contribution in [2.75, 3.05) is 26.7 Å². The number of aliphatic hydroxyl groups is 1. The third-order valence-corrected chi connectivity index (χ3v) is 3.77. The normalized spacial score (nSPS) is 15.2.